The maximum Gasteiger partial charge on any atom is 0.106 e. The molecule has 0 heterocycles. The van der Waals surface area contributed by atoms with E-state index in [0.29, 0.717) is 6.35 Å². The summed E-state index contributed by atoms with van der Waals surface area (Å²) < 4.78 is 16.4. The Bertz CT molecular complexity index is 128. The molecule has 0 spiro atoms. The van der Waals surface area contributed by atoms with Crippen molar-refractivity contribution in [3.05, 3.63) is 0 Å². The standard InChI is InChI=1S/C7H17O2P/c1-5-7(2)9-6-10(3,4)8/h7H,5-6H2,1-4H3. The van der Waals surface area contributed by atoms with Gasteiger partial charge in [0, 0.05) is 0 Å². The molecule has 0 aromatic rings. The molecule has 0 aliphatic carbocycles. The molecule has 62 valence electrons. The molecule has 0 aromatic heterocycles. The monoisotopic (exact) mass is 164 g/mol. The molecule has 0 bridgehead atoms. The molecule has 1 atom stereocenters. The molecule has 0 aliphatic heterocycles. The van der Waals surface area contributed by atoms with E-state index in [9.17, 15) is 4.57 Å². The Kier molecular flexibility index (Phi) is 4.23. The van der Waals surface area contributed by atoms with Crippen molar-refractivity contribution in [1.82, 2.24) is 0 Å². The van der Waals surface area contributed by atoms with Crippen molar-refractivity contribution >= 4 is 7.14 Å². The highest BCUT2D eigenvalue weighted by Crippen LogP contribution is 2.35. The van der Waals surface area contributed by atoms with E-state index in [1.54, 1.807) is 13.3 Å². The van der Waals surface area contributed by atoms with E-state index in [-0.39, 0.29) is 6.10 Å². The van der Waals surface area contributed by atoms with Gasteiger partial charge in [0.05, 0.1) is 12.5 Å². The first-order chi connectivity index (χ1) is 4.45. The summed E-state index contributed by atoms with van der Waals surface area (Å²) in [5.74, 6) is 0. The molecular formula is C7H17O2P. The summed E-state index contributed by atoms with van der Waals surface area (Å²) in [7, 11) is -1.95. The summed E-state index contributed by atoms with van der Waals surface area (Å²) in [6, 6.07) is 0. The van der Waals surface area contributed by atoms with Crippen LogP contribution in [0.25, 0.3) is 0 Å². The van der Waals surface area contributed by atoms with Crippen molar-refractivity contribution in [3.63, 3.8) is 0 Å². The molecule has 1 unspecified atom stereocenters. The minimum absolute atomic E-state index is 0.244. The number of ether oxygens (including phenoxy) is 1. The second-order valence-electron chi connectivity index (χ2n) is 3.09. The van der Waals surface area contributed by atoms with Crippen LogP contribution in [-0.4, -0.2) is 25.8 Å². The van der Waals surface area contributed by atoms with E-state index in [2.05, 4.69) is 6.92 Å². The smallest absolute Gasteiger partial charge is 0.106 e. The Morgan fingerprint density at radius 1 is 1.50 bits per heavy atom. The van der Waals surface area contributed by atoms with Gasteiger partial charge in [0.25, 0.3) is 0 Å². The first kappa shape index (κ1) is 10.2. The Balaban J connectivity index is 3.46. The van der Waals surface area contributed by atoms with E-state index in [0.717, 1.165) is 6.42 Å². The third-order valence-corrected chi connectivity index (χ3v) is 2.02. The summed E-state index contributed by atoms with van der Waals surface area (Å²) in [6.07, 6.45) is 1.65. The normalized spacial score (nSPS) is 15.2. The third kappa shape index (κ3) is 6.31. The SMILES string of the molecule is CCC(C)OCP(C)(C)=O. The Labute approximate surface area is 63.3 Å². The number of hydrogen-bond donors (Lipinski definition) is 0. The topological polar surface area (TPSA) is 26.3 Å². The molecule has 0 aromatic carbocycles. The van der Waals surface area contributed by atoms with Gasteiger partial charge in [-0.05, 0) is 26.7 Å². The van der Waals surface area contributed by atoms with Gasteiger partial charge in [-0.1, -0.05) is 6.92 Å². The van der Waals surface area contributed by atoms with Crippen LogP contribution >= 0.6 is 7.14 Å². The van der Waals surface area contributed by atoms with Gasteiger partial charge < -0.3 is 9.30 Å². The Morgan fingerprint density at radius 3 is 2.30 bits per heavy atom. The number of rotatable bonds is 4. The first-order valence-electron chi connectivity index (χ1n) is 3.61. The van der Waals surface area contributed by atoms with Gasteiger partial charge in [-0.15, -0.1) is 0 Å². The van der Waals surface area contributed by atoms with E-state index >= 15 is 0 Å². The fourth-order valence-electron chi connectivity index (χ4n) is 0.425. The first-order valence-corrected chi connectivity index (χ1v) is 6.40. The van der Waals surface area contributed by atoms with Gasteiger partial charge in [0.15, 0.2) is 0 Å². The lowest BCUT2D eigenvalue weighted by atomic mass is 10.3. The second kappa shape index (κ2) is 4.15. The number of hydrogen-bond acceptors (Lipinski definition) is 2. The zero-order chi connectivity index (χ0) is 8.20. The second-order valence-corrected chi connectivity index (χ2v) is 6.49. The van der Waals surface area contributed by atoms with Crippen molar-refractivity contribution in [2.45, 2.75) is 26.4 Å². The fourth-order valence-corrected chi connectivity index (χ4v) is 1.04. The van der Waals surface area contributed by atoms with Crippen LogP contribution in [0.5, 0.6) is 0 Å². The molecular weight excluding hydrogens is 147 g/mol. The van der Waals surface area contributed by atoms with Crippen LogP contribution in [-0.2, 0) is 9.30 Å². The van der Waals surface area contributed by atoms with Gasteiger partial charge in [-0.25, -0.2) is 0 Å². The van der Waals surface area contributed by atoms with Crippen molar-refractivity contribution in [2.75, 3.05) is 19.7 Å². The van der Waals surface area contributed by atoms with Gasteiger partial charge >= 0.3 is 0 Å². The van der Waals surface area contributed by atoms with E-state index in [1.807, 2.05) is 6.92 Å². The maximum absolute atomic E-state index is 11.1. The molecule has 10 heavy (non-hydrogen) atoms. The summed E-state index contributed by atoms with van der Waals surface area (Å²) in [6.45, 7) is 7.54. The van der Waals surface area contributed by atoms with Crippen LogP contribution in [0.4, 0.5) is 0 Å². The minimum Gasteiger partial charge on any atom is -0.371 e. The third-order valence-electron chi connectivity index (χ3n) is 1.24. The maximum atomic E-state index is 11.1. The molecule has 0 amide bonds. The molecule has 0 saturated heterocycles. The van der Waals surface area contributed by atoms with Crippen molar-refractivity contribution in [2.24, 2.45) is 0 Å². The quantitative estimate of drug-likeness (QED) is 0.596. The zero-order valence-electron chi connectivity index (χ0n) is 7.26. The van der Waals surface area contributed by atoms with Crippen LogP contribution in [0.2, 0.25) is 0 Å². The summed E-state index contributed by atoms with van der Waals surface area (Å²) in [4.78, 5) is 0. The lowest BCUT2D eigenvalue weighted by Crippen LogP contribution is -2.07. The van der Waals surface area contributed by atoms with E-state index in [4.69, 9.17) is 4.74 Å². The molecule has 0 saturated carbocycles. The molecule has 0 radical (unpaired) electrons. The summed E-state index contributed by atoms with van der Waals surface area (Å²) in [5.41, 5.74) is 0. The fraction of sp³-hybridized carbons (Fsp3) is 1.00. The minimum atomic E-state index is -1.95. The van der Waals surface area contributed by atoms with Gasteiger partial charge in [-0.3, -0.25) is 0 Å². The predicted octanol–water partition coefficient (Wildman–Crippen LogP) is 2.38. The van der Waals surface area contributed by atoms with E-state index < -0.39 is 7.14 Å². The van der Waals surface area contributed by atoms with Crippen molar-refractivity contribution in [1.29, 1.82) is 0 Å². The lowest BCUT2D eigenvalue weighted by Gasteiger charge is -2.12. The molecule has 2 nitrogen and oxygen atoms in total. The van der Waals surface area contributed by atoms with Crippen LogP contribution in [0.15, 0.2) is 0 Å². The van der Waals surface area contributed by atoms with Crippen molar-refractivity contribution in [3.8, 4) is 0 Å². The molecule has 0 rings (SSSR count). The highest BCUT2D eigenvalue weighted by atomic mass is 31.2. The average molecular weight is 164 g/mol. The lowest BCUT2D eigenvalue weighted by molar-refractivity contribution is 0.0974. The van der Waals surface area contributed by atoms with Gasteiger partial charge in [0.2, 0.25) is 0 Å². The highest BCUT2D eigenvalue weighted by Gasteiger charge is 2.08. The summed E-state index contributed by atoms with van der Waals surface area (Å²) in [5, 5.41) is 0. The van der Waals surface area contributed by atoms with Crippen LogP contribution in [0.1, 0.15) is 20.3 Å². The average Bonchev–Trinajstić information content (AvgIpc) is 1.81. The molecule has 3 heteroatoms. The molecule has 0 aliphatic rings. The van der Waals surface area contributed by atoms with Gasteiger partial charge in [-0.2, -0.15) is 0 Å². The molecule has 0 N–H and O–H groups in total. The molecule has 0 fully saturated rings. The Morgan fingerprint density at radius 2 is 2.00 bits per heavy atom. The van der Waals surface area contributed by atoms with Gasteiger partial charge in [0.1, 0.15) is 7.14 Å². The highest BCUT2D eigenvalue weighted by molar-refractivity contribution is 7.62. The van der Waals surface area contributed by atoms with Crippen LogP contribution in [0.3, 0.4) is 0 Å². The van der Waals surface area contributed by atoms with Crippen molar-refractivity contribution < 1.29 is 9.30 Å². The van der Waals surface area contributed by atoms with Crippen LogP contribution < -0.4 is 0 Å². The van der Waals surface area contributed by atoms with Crippen LogP contribution in [0, 0.1) is 0 Å². The largest absolute Gasteiger partial charge is 0.371 e. The summed E-state index contributed by atoms with van der Waals surface area (Å²) >= 11 is 0. The predicted molar refractivity (Wildman–Crippen MR) is 45.2 cm³/mol. The van der Waals surface area contributed by atoms with E-state index in [1.165, 1.54) is 0 Å². The zero-order valence-corrected chi connectivity index (χ0v) is 8.15. The Hall–Kier alpha value is 0.190.